The monoisotopic (exact) mass is 297 g/mol. The molecule has 22 heavy (non-hydrogen) atoms. The molecule has 0 fully saturated rings. The zero-order chi connectivity index (χ0) is 15.4. The predicted octanol–water partition coefficient (Wildman–Crippen LogP) is 3.84. The van der Waals surface area contributed by atoms with Crippen LogP contribution in [-0.4, -0.2) is 11.0 Å². The minimum atomic E-state index is -0.538. The molecule has 3 aromatic rings. The van der Waals surface area contributed by atoms with E-state index in [1.807, 2.05) is 30.3 Å². The van der Waals surface area contributed by atoms with E-state index in [1.165, 1.54) is 30.5 Å². The van der Waals surface area contributed by atoms with Gasteiger partial charge in [-0.2, -0.15) is 0 Å². The van der Waals surface area contributed by atoms with Gasteiger partial charge >= 0.3 is 5.97 Å². The van der Waals surface area contributed by atoms with E-state index in [9.17, 15) is 9.18 Å². The van der Waals surface area contributed by atoms with Crippen LogP contribution in [-0.2, 0) is 11.3 Å². The molecule has 5 heteroatoms. The third-order valence-electron chi connectivity index (χ3n) is 3.00. The fourth-order valence-corrected chi connectivity index (χ4v) is 1.90. The molecular weight excluding hydrogens is 285 g/mol. The van der Waals surface area contributed by atoms with Gasteiger partial charge in [-0.1, -0.05) is 18.2 Å². The summed E-state index contributed by atoms with van der Waals surface area (Å²) in [7, 11) is 0. The molecule has 2 aromatic carbocycles. The number of carbonyl (C=O) groups is 1. The van der Waals surface area contributed by atoms with E-state index in [0.717, 1.165) is 5.56 Å². The van der Waals surface area contributed by atoms with E-state index in [4.69, 9.17) is 9.15 Å². The average Bonchev–Trinajstić information content (AvgIpc) is 3.03. The first-order chi connectivity index (χ1) is 10.7. The van der Waals surface area contributed by atoms with Crippen molar-refractivity contribution in [3.05, 3.63) is 77.9 Å². The highest BCUT2D eigenvalue weighted by Gasteiger charge is 2.10. The third kappa shape index (κ3) is 3.20. The van der Waals surface area contributed by atoms with Gasteiger partial charge in [0.1, 0.15) is 24.4 Å². The molecule has 0 saturated carbocycles. The van der Waals surface area contributed by atoms with Crippen LogP contribution in [0.5, 0.6) is 0 Å². The van der Waals surface area contributed by atoms with Crippen molar-refractivity contribution in [3.8, 4) is 11.5 Å². The van der Waals surface area contributed by atoms with Crippen LogP contribution in [0.25, 0.3) is 11.5 Å². The normalized spacial score (nSPS) is 10.4. The predicted molar refractivity (Wildman–Crippen MR) is 77.5 cm³/mol. The van der Waals surface area contributed by atoms with Crippen LogP contribution in [0.3, 0.4) is 0 Å². The smallest absolute Gasteiger partial charge is 0.338 e. The van der Waals surface area contributed by atoms with Crippen molar-refractivity contribution < 1.29 is 18.3 Å². The van der Waals surface area contributed by atoms with Gasteiger partial charge in [-0.25, -0.2) is 14.2 Å². The largest absolute Gasteiger partial charge is 0.455 e. The van der Waals surface area contributed by atoms with Crippen molar-refractivity contribution in [1.29, 1.82) is 0 Å². The van der Waals surface area contributed by atoms with Gasteiger partial charge in [0.25, 0.3) is 0 Å². The molecule has 0 bridgehead atoms. The lowest BCUT2D eigenvalue weighted by Gasteiger charge is -2.02. The Kier molecular flexibility index (Phi) is 3.96. The molecule has 0 aliphatic rings. The minimum absolute atomic E-state index is 0.00740. The Bertz CT molecular complexity index is 766. The average molecular weight is 297 g/mol. The van der Waals surface area contributed by atoms with Crippen molar-refractivity contribution in [2.45, 2.75) is 6.61 Å². The van der Waals surface area contributed by atoms with Crippen LogP contribution in [0.15, 0.2) is 65.3 Å². The van der Waals surface area contributed by atoms with Crippen molar-refractivity contribution in [2.75, 3.05) is 0 Å². The molecular formula is C17H12FNO3. The maximum Gasteiger partial charge on any atom is 0.338 e. The number of hydrogen-bond acceptors (Lipinski definition) is 4. The Morgan fingerprint density at radius 1 is 1.09 bits per heavy atom. The number of esters is 1. The lowest BCUT2D eigenvalue weighted by molar-refractivity contribution is 0.0467. The number of oxazole rings is 1. The minimum Gasteiger partial charge on any atom is -0.455 e. The first-order valence-corrected chi connectivity index (χ1v) is 6.65. The van der Waals surface area contributed by atoms with Gasteiger partial charge in [-0.05, 0) is 36.4 Å². The van der Waals surface area contributed by atoms with Crippen molar-refractivity contribution in [1.82, 2.24) is 4.98 Å². The Morgan fingerprint density at radius 2 is 1.82 bits per heavy atom. The Morgan fingerprint density at radius 3 is 2.55 bits per heavy atom. The molecule has 1 heterocycles. The van der Waals surface area contributed by atoms with E-state index < -0.39 is 11.8 Å². The summed E-state index contributed by atoms with van der Waals surface area (Å²) in [5, 5.41) is 0. The Labute approximate surface area is 126 Å². The summed E-state index contributed by atoms with van der Waals surface area (Å²) >= 11 is 0. The molecule has 3 rings (SSSR count). The second-order valence-corrected chi connectivity index (χ2v) is 4.59. The quantitative estimate of drug-likeness (QED) is 0.687. The molecule has 0 spiro atoms. The number of nitrogens with zero attached hydrogens (tertiary/aromatic N) is 1. The number of rotatable bonds is 4. The summed E-state index contributed by atoms with van der Waals surface area (Å²) in [6.07, 6.45) is 1.44. The van der Waals surface area contributed by atoms with Gasteiger partial charge in [0.15, 0.2) is 0 Å². The van der Waals surface area contributed by atoms with E-state index in [-0.39, 0.29) is 12.2 Å². The molecule has 110 valence electrons. The van der Waals surface area contributed by atoms with Crippen LogP contribution in [0.2, 0.25) is 0 Å². The second kappa shape index (κ2) is 6.22. The van der Waals surface area contributed by atoms with Gasteiger partial charge in [0.2, 0.25) is 5.89 Å². The second-order valence-electron chi connectivity index (χ2n) is 4.59. The summed E-state index contributed by atoms with van der Waals surface area (Å²) in [5.41, 5.74) is 1.64. The molecule has 0 radical (unpaired) electrons. The lowest BCUT2D eigenvalue weighted by atomic mass is 10.2. The number of hydrogen-bond donors (Lipinski definition) is 0. The number of halogens is 1. The fraction of sp³-hybridized carbons (Fsp3) is 0.0588. The number of benzene rings is 2. The van der Waals surface area contributed by atoms with E-state index in [1.54, 1.807) is 0 Å². The van der Waals surface area contributed by atoms with Crippen LogP contribution in [0.4, 0.5) is 4.39 Å². The lowest BCUT2D eigenvalue weighted by Crippen LogP contribution is -2.05. The summed E-state index contributed by atoms with van der Waals surface area (Å²) in [6.45, 7) is -0.00740. The summed E-state index contributed by atoms with van der Waals surface area (Å²) < 4.78 is 23.3. The van der Waals surface area contributed by atoms with Crippen molar-refractivity contribution >= 4 is 5.97 Å². The zero-order valence-corrected chi connectivity index (χ0v) is 11.5. The van der Waals surface area contributed by atoms with Gasteiger partial charge < -0.3 is 9.15 Å². The van der Waals surface area contributed by atoms with Gasteiger partial charge in [-0.3, -0.25) is 0 Å². The van der Waals surface area contributed by atoms with Gasteiger partial charge in [0.05, 0.1) is 5.56 Å². The molecule has 0 saturated heterocycles. The van der Waals surface area contributed by atoms with Gasteiger partial charge in [0, 0.05) is 5.56 Å². The van der Waals surface area contributed by atoms with Crippen LogP contribution < -0.4 is 0 Å². The van der Waals surface area contributed by atoms with Gasteiger partial charge in [-0.15, -0.1) is 0 Å². The fourth-order valence-electron chi connectivity index (χ4n) is 1.90. The standard InChI is InChI=1S/C17H12FNO3/c18-14-8-6-13(7-9-14)17(20)22-11-15-10-21-16(19-15)12-4-2-1-3-5-12/h1-10H,11H2. The third-order valence-corrected chi connectivity index (χ3v) is 3.00. The summed E-state index contributed by atoms with van der Waals surface area (Å²) in [4.78, 5) is 16.1. The first kappa shape index (κ1) is 14.0. The highest BCUT2D eigenvalue weighted by Crippen LogP contribution is 2.18. The van der Waals surface area contributed by atoms with Crippen LogP contribution >= 0.6 is 0 Å². The van der Waals surface area contributed by atoms with E-state index >= 15 is 0 Å². The zero-order valence-electron chi connectivity index (χ0n) is 11.5. The van der Waals surface area contributed by atoms with Crippen LogP contribution in [0.1, 0.15) is 16.1 Å². The van der Waals surface area contributed by atoms with Crippen LogP contribution in [0, 0.1) is 5.82 Å². The molecule has 4 nitrogen and oxygen atoms in total. The van der Waals surface area contributed by atoms with E-state index in [0.29, 0.717) is 11.6 Å². The Hall–Kier alpha value is -2.95. The topological polar surface area (TPSA) is 52.3 Å². The van der Waals surface area contributed by atoms with Crippen molar-refractivity contribution in [3.63, 3.8) is 0 Å². The summed E-state index contributed by atoms with van der Waals surface area (Å²) in [5.74, 6) is -0.474. The molecule has 0 aliphatic carbocycles. The number of aromatic nitrogens is 1. The molecule has 0 aliphatic heterocycles. The SMILES string of the molecule is O=C(OCc1coc(-c2ccccc2)n1)c1ccc(F)cc1. The molecule has 0 amide bonds. The Balaban J connectivity index is 1.64. The molecule has 0 atom stereocenters. The highest BCUT2D eigenvalue weighted by molar-refractivity contribution is 5.89. The maximum absolute atomic E-state index is 12.8. The maximum atomic E-state index is 12.8. The number of ether oxygens (including phenoxy) is 1. The van der Waals surface area contributed by atoms with E-state index in [2.05, 4.69) is 4.98 Å². The molecule has 1 aromatic heterocycles. The first-order valence-electron chi connectivity index (χ1n) is 6.65. The summed E-state index contributed by atoms with van der Waals surface area (Å²) in [6, 6.07) is 14.6. The number of carbonyl (C=O) groups excluding carboxylic acids is 1. The van der Waals surface area contributed by atoms with Crippen molar-refractivity contribution in [2.24, 2.45) is 0 Å². The highest BCUT2D eigenvalue weighted by atomic mass is 19.1. The molecule has 0 N–H and O–H groups in total. The molecule has 0 unspecified atom stereocenters.